The van der Waals surface area contributed by atoms with E-state index in [-0.39, 0.29) is 5.82 Å². The predicted molar refractivity (Wildman–Crippen MR) is 58.3 cm³/mol. The molecule has 1 aliphatic rings. The summed E-state index contributed by atoms with van der Waals surface area (Å²) in [5, 5.41) is -0.505. The second-order valence-electron chi connectivity index (χ2n) is 3.81. The van der Waals surface area contributed by atoms with Crippen LogP contribution in [0.1, 0.15) is 30.4 Å². The molecular weight excluding hydrogens is 215 g/mol. The van der Waals surface area contributed by atoms with Crippen LogP contribution in [0.3, 0.4) is 0 Å². The molecule has 1 aromatic carbocycles. The summed E-state index contributed by atoms with van der Waals surface area (Å²) in [5.74, 6) is 0.0404. The third-order valence-electron chi connectivity index (χ3n) is 2.71. The van der Waals surface area contributed by atoms with Crippen LogP contribution in [0.15, 0.2) is 24.3 Å². The second kappa shape index (κ2) is 3.78. The van der Waals surface area contributed by atoms with Gasteiger partial charge in [-0.1, -0.05) is 13.0 Å². The Morgan fingerprint density at radius 2 is 2.33 bits per heavy atom. The average molecular weight is 225 g/mol. The molecule has 1 aliphatic carbocycles. The molecule has 0 saturated heterocycles. The van der Waals surface area contributed by atoms with Crippen molar-refractivity contribution in [3.63, 3.8) is 0 Å². The smallest absolute Gasteiger partial charge is 0.245 e. The first-order valence-corrected chi connectivity index (χ1v) is 5.15. The van der Waals surface area contributed by atoms with E-state index in [0.717, 1.165) is 23.1 Å². The number of hydrogen-bond donors (Lipinski definition) is 0. The lowest BCUT2D eigenvalue weighted by Crippen LogP contribution is -1.86. The summed E-state index contributed by atoms with van der Waals surface area (Å²) in [6, 6.07) is 4.68. The van der Waals surface area contributed by atoms with E-state index in [1.165, 1.54) is 18.2 Å². The lowest BCUT2D eigenvalue weighted by Gasteiger charge is -2.02. The van der Waals surface area contributed by atoms with Gasteiger partial charge in [-0.15, -0.1) is 0 Å². The SMILES string of the molecule is CC1C/C(=C\C(=O)Cl)c2cc(F)ccc21. The van der Waals surface area contributed by atoms with Crippen LogP contribution in [0.25, 0.3) is 5.57 Å². The van der Waals surface area contributed by atoms with E-state index >= 15 is 0 Å². The summed E-state index contributed by atoms with van der Waals surface area (Å²) < 4.78 is 13.1. The van der Waals surface area contributed by atoms with Crippen LogP contribution in [0.4, 0.5) is 4.39 Å². The van der Waals surface area contributed by atoms with Crippen LogP contribution in [-0.2, 0) is 4.79 Å². The summed E-state index contributed by atoms with van der Waals surface area (Å²) in [6.07, 6.45) is 2.13. The fourth-order valence-electron chi connectivity index (χ4n) is 2.06. The molecule has 1 unspecified atom stereocenters. The highest BCUT2D eigenvalue weighted by molar-refractivity contribution is 6.67. The van der Waals surface area contributed by atoms with Crippen molar-refractivity contribution in [3.8, 4) is 0 Å². The zero-order chi connectivity index (χ0) is 11.0. The highest BCUT2D eigenvalue weighted by Gasteiger charge is 2.23. The van der Waals surface area contributed by atoms with Gasteiger partial charge in [0.05, 0.1) is 0 Å². The minimum atomic E-state index is -0.505. The number of carbonyl (C=O) groups is 1. The molecule has 0 saturated carbocycles. The Balaban J connectivity index is 2.53. The third-order valence-corrected chi connectivity index (χ3v) is 2.82. The van der Waals surface area contributed by atoms with Gasteiger partial charge < -0.3 is 0 Å². The maximum atomic E-state index is 13.1. The van der Waals surface area contributed by atoms with Crippen molar-refractivity contribution >= 4 is 22.4 Å². The Kier molecular flexibility index (Phi) is 2.61. The fraction of sp³-hybridized carbons (Fsp3) is 0.250. The molecule has 15 heavy (non-hydrogen) atoms. The number of benzene rings is 1. The molecule has 0 amide bonds. The number of allylic oxidation sites excluding steroid dienone is 2. The van der Waals surface area contributed by atoms with Crippen LogP contribution in [0, 0.1) is 5.82 Å². The van der Waals surface area contributed by atoms with Crippen LogP contribution >= 0.6 is 11.6 Å². The molecule has 0 N–H and O–H groups in total. The topological polar surface area (TPSA) is 17.1 Å². The molecule has 78 valence electrons. The van der Waals surface area contributed by atoms with E-state index in [2.05, 4.69) is 6.92 Å². The van der Waals surface area contributed by atoms with Crippen molar-refractivity contribution < 1.29 is 9.18 Å². The normalized spacial score (nSPS) is 21.8. The molecule has 0 aromatic heterocycles. The van der Waals surface area contributed by atoms with Gasteiger partial charge in [0.1, 0.15) is 5.82 Å². The zero-order valence-corrected chi connectivity index (χ0v) is 9.01. The maximum absolute atomic E-state index is 13.1. The first kappa shape index (κ1) is 10.4. The van der Waals surface area contributed by atoms with Crippen molar-refractivity contribution in [2.45, 2.75) is 19.3 Å². The van der Waals surface area contributed by atoms with Crippen LogP contribution < -0.4 is 0 Å². The van der Waals surface area contributed by atoms with Gasteiger partial charge in [0.25, 0.3) is 0 Å². The van der Waals surface area contributed by atoms with Crippen molar-refractivity contribution in [1.29, 1.82) is 0 Å². The number of hydrogen-bond acceptors (Lipinski definition) is 1. The highest BCUT2D eigenvalue weighted by Crippen LogP contribution is 2.40. The number of halogens is 2. The number of rotatable bonds is 1. The Morgan fingerprint density at radius 3 is 3.00 bits per heavy atom. The average Bonchev–Trinajstić information content (AvgIpc) is 2.42. The summed E-state index contributed by atoms with van der Waals surface area (Å²) in [4.78, 5) is 10.8. The van der Waals surface area contributed by atoms with E-state index in [1.54, 1.807) is 6.07 Å². The Morgan fingerprint density at radius 1 is 1.60 bits per heavy atom. The highest BCUT2D eigenvalue weighted by atomic mass is 35.5. The van der Waals surface area contributed by atoms with Crippen molar-refractivity contribution in [3.05, 3.63) is 41.2 Å². The molecule has 0 fully saturated rings. The Bertz CT molecular complexity index is 451. The van der Waals surface area contributed by atoms with E-state index in [0.29, 0.717) is 5.92 Å². The summed E-state index contributed by atoms with van der Waals surface area (Å²) in [6.45, 7) is 2.05. The summed E-state index contributed by atoms with van der Waals surface area (Å²) >= 11 is 5.30. The van der Waals surface area contributed by atoms with E-state index < -0.39 is 5.24 Å². The summed E-state index contributed by atoms with van der Waals surface area (Å²) in [7, 11) is 0. The van der Waals surface area contributed by atoms with Gasteiger partial charge in [-0.3, -0.25) is 4.79 Å². The standard InChI is InChI=1S/C12H10ClFO/c1-7-4-8(5-12(13)15)11-6-9(14)2-3-10(7)11/h2-3,5-7H,4H2,1H3/b8-5+. The lowest BCUT2D eigenvalue weighted by atomic mass is 10.0. The molecule has 0 bridgehead atoms. The van der Waals surface area contributed by atoms with Crippen molar-refractivity contribution in [2.75, 3.05) is 0 Å². The molecule has 1 aromatic rings. The molecular formula is C12H10ClFO. The van der Waals surface area contributed by atoms with E-state index in [9.17, 15) is 9.18 Å². The van der Waals surface area contributed by atoms with Gasteiger partial charge in [-0.05, 0) is 52.8 Å². The molecule has 3 heteroatoms. The fourth-order valence-corrected chi connectivity index (χ4v) is 2.19. The largest absolute Gasteiger partial charge is 0.276 e. The minimum absolute atomic E-state index is 0.282. The molecule has 1 nitrogen and oxygen atoms in total. The Hall–Kier alpha value is -1.15. The first-order chi connectivity index (χ1) is 7.08. The van der Waals surface area contributed by atoms with E-state index in [4.69, 9.17) is 11.6 Å². The predicted octanol–water partition coefficient (Wildman–Crippen LogP) is 3.48. The van der Waals surface area contributed by atoms with Crippen LogP contribution in [0.2, 0.25) is 0 Å². The molecule has 0 aliphatic heterocycles. The molecule has 1 atom stereocenters. The van der Waals surface area contributed by atoms with Gasteiger partial charge in [0.15, 0.2) is 0 Å². The Labute approximate surface area is 92.6 Å². The first-order valence-electron chi connectivity index (χ1n) is 4.78. The lowest BCUT2D eigenvalue weighted by molar-refractivity contribution is -0.107. The van der Waals surface area contributed by atoms with Gasteiger partial charge in [-0.2, -0.15) is 0 Å². The van der Waals surface area contributed by atoms with Crippen molar-refractivity contribution in [1.82, 2.24) is 0 Å². The maximum Gasteiger partial charge on any atom is 0.245 e. The minimum Gasteiger partial charge on any atom is -0.276 e. The van der Waals surface area contributed by atoms with Crippen LogP contribution in [0.5, 0.6) is 0 Å². The zero-order valence-electron chi connectivity index (χ0n) is 8.26. The van der Waals surface area contributed by atoms with Gasteiger partial charge >= 0.3 is 0 Å². The van der Waals surface area contributed by atoms with Crippen molar-refractivity contribution in [2.24, 2.45) is 0 Å². The number of fused-ring (bicyclic) bond motifs is 1. The molecule has 0 heterocycles. The summed E-state index contributed by atoms with van der Waals surface area (Å²) in [5.41, 5.74) is 2.73. The van der Waals surface area contributed by atoms with E-state index in [1.807, 2.05) is 0 Å². The third kappa shape index (κ3) is 1.95. The number of carbonyl (C=O) groups excluding carboxylic acids is 1. The molecule has 2 rings (SSSR count). The van der Waals surface area contributed by atoms with Crippen LogP contribution in [-0.4, -0.2) is 5.24 Å². The quantitative estimate of drug-likeness (QED) is 0.527. The monoisotopic (exact) mass is 224 g/mol. The van der Waals surface area contributed by atoms with Gasteiger partial charge in [-0.25, -0.2) is 4.39 Å². The van der Waals surface area contributed by atoms with Gasteiger partial charge in [0.2, 0.25) is 5.24 Å². The van der Waals surface area contributed by atoms with Gasteiger partial charge in [0, 0.05) is 6.08 Å². The molecule has 0 radical (unpaired) electrons. The second-order valence-corrected chi connectivity index (χ2v) is 4.18. The molecule has 0 spiro atoms.